The fraction of sp³-hybridized carbons (Fsp3) is 0.476. The predicted molar refractivity (Wildman–Crippen MR) is 163 cm³/mol. The molecule has 2 unspecified atom stereocenters. The molecule has 4 aromatic heterocycles. The van der Waals surface area contributed by atoms with Crippen LogP contribution in [0.3, 0.4) is 0 Å². The average molecular weight is 690 g/mol. The van der Waals surface area contributed by atoms with E-state index in [0.717, 1.165) is 0 Å². The lowest BCUT2D eigenvalue weighted by Gasteiger charge is -2.28. The van der Waals surface area contributed by atoms with Crippen LogP contribution in [-0.2, 0) is 51.2 Å². The molecule has 7 heterocycles. The number of rotatable bonds is 2. The van der Waals surface area contributed by atoms with Crippen LogP contribution < -0.4 is 17.0 Å². The lowest BCUT2D eigenvalue weighted by Crippen LogP contribution is -2.29. The third-order valence-electron chi connectivity index (χ3n) is 7.22. The van der Waals surface area contributed by atoms with E-state index in [0.29, 0.717) is 16.9 Å². The minimum atomic E-state index is -3.79. The van der Waals surface area contributed by atoms with Crippen LogP contribution in [-0.4, -0.2) is 76.6 Å². The van der Waals surface area contributed by atoms with Gasteiger partial charge in [-0.25, -0.2) is 15.0 Å². The van der Waals surface area contributed by atoms with E-state index in [1.807, 2.05) is 0 Å². The molecule has 3 aliphatic heterocycles. The summed E-state index contributed by atoms with van der Waals surface area (Å²) in [6, 6.07) is 1.66. The van der Waals surface area contributed by atoms with Crippen molar-refractivity contribution >= 4 is 82.2 Å². The number of pyridine rings is 1. The van der Waals surface area contributed by atoms with Crippen molar-refractivity contribution in [1.82, 2.24) is 34.1 Å². The Morgan fingerprint density at radius 3 is 2.60 bits per heavy atom. The van der Waals surface area contributed by atoms with E-state index >= 15 is 0 Å². The standard InChI is InChI=1S/C21H25N9O8P2S3/c22-10-1-2-24-17-15(10)25-7-29(17)14-4-11-13(36-14)6-34-40(42,43)38-12-3-9(5-33-39(32,41)37-11)35-20(12)30-8-26-16-18(30)27-21(23)28-19(16)31/h1-2,7-9,11-14,20H,3-6H2,(H2,22,24)(H,32,41)(H,42,43)(H3,23,27,28,31)/t9-,11-,12+,13+,14+,20+,39?/m0/s1. The molecule has 8 atom stereocenters. The molecular formula is C21H25N9O8P2S3. The number of aromatic amines is 1. The van der Waals surface area contributed by atoms with Crippen LogP contribution in [0.2, 0.25) is 0 Å². The van der Waals surface area contributed by atoms with E-state index in [-0.39, 0.29) is 43.2 Å². The smallest absolute Gasteiger partial charge is 0.324 e. The van der Waals surface area contributed by atoms with E-state index in [2.05, 4.69) is 37.2 Å². The van der Waals surface area contributed by atoms with Gasteiger partial charge < -0.3 is 43.9 Å². The van der Waals surface area contributed by atoms with Gasteiger partial charge in [-0.15, -0.1) is 0 Å². The summed E-state index contributed by atoms with van der Waals surface area (Å²) in [7, 11) is 0. The minimum absolute atomic E-state index is 0.0639. The topological polar surface area (TPSA) is 222 Å². The summed E-state index contributed by atoms with van der Waals surface area (Å²) in [5.41, 5.74) is 9.85. The van der Waals surface area contributed by atoms with E-state index in [1.54, 1.807) is 23.2 Å². The van der Waals surface area contributed by atoms with Crippen molar-refractivity contribution in [2.75, 3.05) is 24.7 Å². The van der Waals surface area contributed by atoms with Crippen molar-refractivity contribution < 1.29 is 32.5 Å². The third kappa shape index (κ3) is 5.76. The molecule has 3 aliphatic rings. The normalized spacial score (nSPS) is 35.4. The number of anilines is 2. The summed E-state index contributed by atoms with van der Waals surface area (Å²) in [4.78, 5) is 42.9. The number of thiol groups is 1. The zero-order chi connectivity index (χ0) is 30.1. The molecule has 0 aliphatic carbocycles. The quantitative estimate of drug-likeness (QED) is 0.149. The van der Waals surface area contributed by atoms with Crippen molar-refractivity contribution in [3.8, 4) is 0 Å². The average Bonchev–Trinajstić information content (AvgIpc) is 3.71. The van der Waals surface area contributed by atoms with Crippen LogP contribution in [0, 0.1) is 0 Å². The van der Waals surface area contributed by atoms with Crippen molar-refractivity contribution in [1.29, 1.82) is 0 Å². The molecule has 3 saturated heterocycles. The molecule has 0 spiro atoms. The first-order valence-electron chi connectivity index (χ1n) is 12.9. The highest BCUT2D eigenvalue weighted by Gasteiger charge is 2.45. The molecule has 4 aromatic rings. The molecule has 0 amide bonds. The zero-order valence-corrected chi connectivity index (χ0v) is 26.2. The van der Waals surface area contributed by atoms with Gasteiger partial charge in [-0.1, -0.05) is 12.2 Å². The van der Waals surface area contributed by atoms with Gasteiger partial charge >= 0.3 is 6.72 Å². The van der Waals surface area contributed by atoms with E-state index in [9.17, 15) is 9.69 Å². The predicted octanol–water partition coefficient (Wildman–Crippen LogP) is 1.49. The number of hydrogen-bond donors (Lipinski definition) is 5. The van der Waals surface area contributed by atoms with Gasteiger partial charge in [0.25, 0.3) is 5.56 Å². The Balaban J connectivity index is 1.17. The Labute approximate surface area is 257 Å². The number of aromatic nitrogens is 7. The van der Waals surface area contributed by atoms with Gasteiger partial charge in [0.1, 0.15) is 24.0 Å². The summed E-state index contributed by atoms with van der Waals surface area (Å²) in [6.07, 6.45) is 0.790. The fourth-order valence-corrected chi connectivity index (χ4v) is 8.84. The Morgan fingerprint density at radius 1 is 0.977 bits per heavy atom. The molecule has 17 nitrogen and oxygen atoms in total. The second kappa shape index (κ2) is 11.1. The number of imidazole rings is 2. The van der Waals surface area contributed by atoms with Crippen molar-refractivity contribution in [2.45, 2.75) is 49.7 Å². The SMILES string of the molecule is Nc1nc2c(ncn2[C@@H]2O[C@@H]3COP(O)(=S)O[C@H]4C[C@H](n5cnc6c(N)ccnc65)O[C@@H]4COP(=S)(S)O[C@@H]2C3)c(=O)[nH]1. The fourth-order valence-electron chi connectivity index (χ4n) is 5.34. The van der Waals surface area contributed by atoms with E-state index < -0.39 is 54.8 Å². The van der Waals surface area contributed by atoms with Gasteiger partial charge in [-0.05, 0) is 29.7 Å². The third-order valence-corrected chi connectivity index (χ3v) is 11.0. The van der Waals surface area contributed by atoms with Crippen LogP contribution in [0.15, 0.2) is 29.7 Å². The summed E-state index contributed by atoms with van der Waals surface area (Å²) < 4.78 is 39.7. The summed E-state index contributed by atoms with van der Waals surface area (Å²) in [6.45, 7) is -4.01. The second-order valence-electron chi connectivity index (χ2n) is 10.1. The van der Waals surface area contributed by atoms with E-state index in [4.69, 9.17) is 62.6 Å². The van der Waals surface area contributed by atoms with Crippen LogP contribution in [0.4, 0.5) is 11.6 Å². The van der Waals surface area contributed by atoms with E-state index in [1.165, 1.54) is 10.9 Å². The summed E-state index contributed by atoms with van der Waals surface area (Å²) in [5.74, 6) is -0.0927. The minimum Gasteiger partial charge on any atom is -0.397 e. The molecule has 2 bridgehead atoms. The molecule has 0 radical (unpaired) electrons. The molecule has 7 rings (SSSR count). The van der Waals surface area contributed by atoms with Crippen LogP contribution in [0.5, 0.6) is 0 Å². The molecule has 43 heavy (non-hydrogen) atoms. The molecule has 0 aromatic carbocycles. The highest BCUT2D eigenvalue weighted by Crippen LogP contribution is 2.58. The van der Waals surface area contributed by atoms with Crippen molar-refractivity contribution in [3.63, 3.8) is 0 Å². The monoisotopic (exact) mass is 689 g/mol. The Hall–Kier alpha value is -2.06. The number of nitrogens with zero attached hydrogens (tertiary/aromatic N) is 6. The lowest BCUT2D eigenvalue weighted by atomic mass is 10.2. The van der Waals surface area contributed by atoms with Crippen LogP contribution in [0.25, 0.3) is 22.3 Å². The first-order chi connectivity index (χ1) is 20.5. The zero-order valence-electron chi connectivity index (χ0n) is 21.9. The molecular weight excluding hydrogens is 664 g/mol. The highest BCUT2D eigenvalue weighted by atomic mass is 32.9. The van der Waals surface area contributed by atoms with Crippen molar-refractivity contribution in [2.24, 2.45) is 0 Å². The lowest BCUT2D eigenvalue weighted by molar-refractivity contribution is -0.0547. The first-order valence-corrected chi connectivity index (χ1v) is 19.3. The summed E-state index contributed by atoms with van der Waals surface area (Å²) >= 11 is 15.6. The van der Waals surface area contributed by atoms with Gasteiger partial charge in [0, 0.05) is 19.0 Å². The number of nitrogens with two attached hydrogens (primary N) is 2. The maximum atomic E-state index is 12.3. The highest BCUT2D eigenvalue weighted by molar-refractivity contribution is 8.60. The number of ether oxygens (including phenoxy) is 2. The molecule has 22 heteroatoms. The second-order valence-corrected chi connectivity index (χ2v) is 18.1. The maximum absolute atomic E-state index is 12.3. The Kier molecular flexibility index (Phi) is 7.64. The number of nitrogens with one attached hydrogen (secondary N) is 1. The van der Waals surface area contributed by atoms with Gasteiger partial charge in [-0.3, -0.25) is 18.9 Å². The molecule has 3 fully saturated rings. The number of hydrogen-bond acceptors (Lipinski definition) is 15. The van der Waals surface area contributed by atoms with Gasteiger partial charge in [-0.2, -0.15) is 4.98 Å². The van der Waals surface area contributed by atoms with Gasteiger partial charge in [0.05, 0.1) is 43.8 Å². The summed E-state index contributed by atoms with van der Waals surface area (Å²) in [5, 5.41) is 0. The Bertz CT molecular complexity index is 1870. The number of fused-ring (bicyclic) bond motifs is 5. The van der Waals surface area contributed by atoms with Gasteiger partial charge in [0.15, 0.2) is 23.0 Å². The number of nitrogen functional groups attached to an aromatic ring is 2. The van der Waals surface area contributed by atoms with Crippen molar-refractivity contribution in [3.05, 3.63) is 35.3 Å². The largest absolute Gasteiger partial charge is 0.397 e. The number of H-pyrrole nitrogens is 1. The maximum Gasteiger partial charge on any atom is 0.324 e. The molecule has 6 N–H and O–H groups in total. The molecule has 0 saturated carbocycles. The Morgan fingerprint density at radius 2 is 1.77 bits per heavy atom. The molecule has 230 valence electrons. The first kappa shape index (κ1) is 29.6. The van der Waals surface area contributed by atoms with Crippen LogP contribution in [0.1, 0.15) is 25.3 Å². The van der Waals surface area contributed by atoms with Crippen LogP contribution >= 0.6 is 24.7 Å². The van der Waals surface area contributed by atoms with Gasteiger partial charge in [0.2, 0.25) is 11.6 Å².